The molecule has 66 valence electrons. The van der Waals surface area contributed by atoms with Crippen molar-refractivity contribution >= 4 is 16.4 Å². The van der Waals surface area contributed by atoms with Crippen LogP contribution in [0.5, 0.6) is 0 Å². The van der Waals surface area contributed by atoms with E-state index in [0.29, 0.717) is 12.7 Å². The van der Waals surface area contributed by atoms with Crippen LogP contribution in [0.25, 0.3) is 0 Å². The summed E-state index contributed by atoms with van der Waals surface area (Å²) >= 11 is 0. The number of aldehydes is 1. The standard InChI is InChI=1S/C6H12O4S/c1-2-6(4-3-5-7)11(8,9)10/h5-6H,2-4H2,1H3,(H,8,9,10). The van der Waals surface area contributed by atoms with E-state index in [9.17, 15) is 13.2 Å². The molecule has 0 saturated heterocycles. The van der Waals surface area contributed by atoms with Gasteiger partial charge < -0.3 is 4.79 Å². The Bertz CT molecular complexity index is 207. The Morgan fingerprint density at radius 2 is 2.09 bits per heavy atom. The van der Waals surface area contributed by atoms with Gasteiger partial charge in [0.15, 0.2) is 0 Å². The summed E-state index contributed by atoms with van der Waals surface area (Å²) in [5.41, 5.74) is 0. The third kappa shape index (κ3) is 4.10. The van der Waals surface area contributed by atoms with Crippen LogP contribution in [0.2, 0.25) is 0 Å². The van der Waals surface area contributed by atoms with Crippen LogP contribution in [0.15, 0.2) is 0 Å². The molecular weight excluding hydrogens is 168 g/mol. The number of hydrogen-bond acceptors (Lipinski definition) is 3. The first-order chi connectivity index (χ1) is 5.02. The van der Waals surface area contributed by atoms with Crippen LogP contribution in [0.3, 0.4) is 0 Å². The quantitative estimate of drug-likeness (QED) is 0.497. The number of carbonyl (C=O) groups is 1. The molecule has 0 fully saturated rings. The Hall–Kier alpha value is -0.420. The monoisotopic (exact) mass is 180 g/mol. The van der Waals surface area contributed by atoms with Gasteiger partial charge in [0.1, 0.15) is 6.29 Å². The SMILES string of the molecule is CCC(CCC=O)S(=O)(=O)O. The summed E-state index contributed by atoms with van der Waals surface area (Å²) in [7, 11) is -3.95. The van der Waals surface area contributed by atoms with E-state index in [4.69, 9.17) is 4.55 Å². The van der Waals surface area contributed by atoms with Gasteiger partial charge >= 0.3 is 0 Å². The predicted molar refractivity (Wildman–Crippen MR) is 40.9 cm³/mol. The van der Waals surface area contributed by atoms with Crippen molar-refractivity contribution in [1.29, 1.82) is 0 Å². The van der Waals surface area contributed by atoms with E-state index in [1.165, 1.54) is 0 Å². The Labute approximate surface area is 66.4 Å². The Morgan fingerprint density at radius 1 is 1.55 bits per heavy atom. The minimum absolute atomic E-state index is 0.179. The molecule has 0 aliphatic carbocycles. The number of rotatable bonds is 5. The number of hydrogen-bond donors (Lipinski definition) is 1. The molecule has 5 heteroatoms. The zero-order chi connectivity index (χ0) is 8.91. The fraction of sp³-hybridized carbons (Fsp3) is 0.833. The van der Waals surface area contributed by atoms with Crippen molar-refractivity contribution < 1.29 is 17.8 Å². The topological polar surface area (TPSA) is 71.4 Å². The van der Waals surface area contributed by atoms with Crippen molar-refractivity contribution in [3.05, 3.63) is 0 Å². The van der Waals surface area contributed by atoms with E-state index < -0.39 is 15.4 Å². The second-order valence-corrected chi connectivity index (χ2v) is 3.99. The molecule has 0 radical (unpaired) electrons. The third-order valence-corrected chi connectivity index (χ3v) is 2.89. The summed E-state index contributed by atoms with van der Waals surface area (Å²) in [5, 5.41) is -0.785. The van der Waals surface area contributed by atoms with E-state index in [2.05, 4.69) is 0 Å². The molecule has 1 unspecified atom stereocenters. The molecule has 0 heterocycles. The summed E-state index contributed by atoms with van der Waals surface area (Å²) in [6.45, 7) is 1.66. The van der Waals surface area contributed by atoms with Crippen molar-refractivity contribution in [2.45, 2.75) is 31.4 Å². The lowest BCUT2D eigenvalue weighted by molar-refractivity contribution is -0.107. The van der Waals surface area contributed by atoms with E-state index in [1.807, 2.05) is 0 Å². The lowest BCUT2D eigenvalue weighted by Crippen LogP contribution is -2.19. The second kappa shape index (κ2) is 4.46. The van der Waals surface area contributed by atoms with Gasteiger partial charge in [0.2, 0.25) is 0 Å². The van der Waals surface area contributed by atoms with Crippen molar-refractivity contribution in [1.82, 2.24) is 0 Å². The molecule has 0 aromatic heterocycles. The van der Waals surface area contributed by atoms with Crippen LogP contribution >= 0.6 is 0 Å². The smallest absolute Gasteiger partial charge is 0.267 e. The molecule has 1 atom stereocenters. The fourth-order valence-electron chi connectivity index (χ4n) is 0.818. The maximum Gasteiger partial charge on any atom is 0.267 e. The summed E-state index contributed by atoms with van der Waals surface area (Å²) in [6.07, 6.45) is 1.37. The minimum atomic E-state index is -3.95. The Morgan fingerprint density at radius 3 is 2.36 bits per heavy atom. The van der Waals surface area contributed by atoms with Crippen LogP contribution < -0.4 is 0 Å². The highest BCUT2D eigenvalue weighted by molar-refractivity contribution is 7.86. The van der Waals surface area contributed by atoms with Crippen LogP contribution in [-0.4, -0.2) is 24.5 Å². The van der Waals surface area contributed by atoms with Gasteiger partial charge in [0.25, 0.3) is 10.1 Å². The van der Waals surface area contributed by atoms with E-state index in [0.717, 1.165) is 0 Å². The van der Waals surface area contributed by atoms with Crippen LogP contribution in [0.4, 0.5) is 0 Å². The summed E-state index contributed by atoms with van der Waals surface area (Å²) in [4.78, 5) is 9.88. The molecule has 0 spiro atoms. The molecule has 0 aromatic carbocycles. The highest BCUT2D eigenvalue weighted by atomic mass is 32.2. The molecule has 0 rings (SSSR count). The molecule has 1 N–H and O–H groups in total. The van der Waals surface area contributed by atoms with E-state index in [1.54, 1.807) is 6.92 Å². The van der Waals surface area contributed by atoms with Gasteiger partial charge in [-0.3, -0.25) is 4.55 Å². The Balaban J connectivity index is 4.07. The van der Waals surface area contributed by atoms with Gasteiger partial charge in [0.05, 0.1) is 5.25 Å². The molecule has 0 saturated carbocycles. The van der Waals surface area contributed by atoms with E-state index >= 15 is 0 Å². The molecule has 0 aliphatic heterocycles. The molecule has 0 aromatic rings. The highest BCUT2D eigenvalue weighted by Crippen LogP contribution is 2.09. The lowest BCUT2D eigenvalue weighted by atomic mass is 10.2. The van der Waals surface area contributed by atoms with Gasteiger partial charge in [-0.2, -0.15) is 8.42 Å². The van der Waals surface area contributed by atoms with Gasteiger partial charge in [-0.15, -0.1) is 0 Å². The molecule has 0 bridgehead atoms. The molecule has 0 aliphatic rings. The van der Waals surface area contributed by atoms with Crippen LogP contribution in [-0.2, 0) is 14.9 Å². The molecular formula is C6H12O4S. The maximum atomic E-state index is 10.5. The van der Waals surface area contributed by atoms with Crippen LogP contribution in [0, 0.1) is 0 Å². The van der Waals surface area contributed by atoms with Gasteiger partial charge in [0, 0.05) is 6.42 Å². The van der Waals surface area contributed by atoms with Crippen molar-refractivity contribution in [2.75, 3.05) is 0 Å². The summed E-state index contributed by atoms with van der Waals surface area (Å²) < 4.78 is 29.6. The first kappa shape index (κ1) is 10.6. The number of carbonyl (C=O) groups excluding carboxylic acids is 1. The second-order valence-electron chi connectivity index (χ2n) is 2.29. The molecule has 0 amide bonds. The average Bonchev–Trinajstić information content (AvgIpc) is 1.87. The summed E-state index contributed by atoms with van der Waals surface area (Å²) in [6, 6.07) is 0. The zero-order valence-corrected chi connectivity index (χ0v) is 7.17. The van der Waals surface area contributed by atoms with Crippen molar-refractivity contribution in [3.63, 3.8) is 0 Å². The normalized spacial score (nSPS) is 14.4. The Kier molecular flexibility index (Phi) is 4.29. The van der Waals surface area contributed by atoms with Crippen LogP contribution in [0.1, 0.15) is 26.2 Å². The predicted octanol–water partition coefficient (Wildman–Crippen LogP) is 0.632. The van der Waals surface area contributed by atoms with Gasteiger partial charge in [-0.05, 0) is 12.8 Å². The third-order valence-electron chi connectivity index (χ3n) is 1.48. The van der Waals surface area contributed by atoms with Gasteiger partial charge in [-0.25, -0.2) is 0 Å². The largest absolute Gasteiger partial charge is 0.303 e. The van der Waals surface area contributed by atoms with Crippen molar-refractivity contribution in [3.8, 4) is 0 Å². The maximum absolute atomic E-state index is 10.5. The first-order valence-electron chi connectivity index (χ1n) is 3.42. The molecule has 4 nitrogen and oxygen atoms in total. The highest BCUT2D eigenvalue weighted by Gasteiger charge is 2.19. The first-order valence-corrected chi connectivity index (χ1v) is 4.92. The lowest BCUT2D eigenvalue weighted by Gasteiger charge is -2.07. The fourth-order valence-corrected chi connectivity index (χ4v) is 1.67. The summed E-state index contributed by atoms with van der Waals surface area (Å²) in [5.74, 6) is 0. The van der Waals surface area contributed by atoms with E-state index in [-0.39, 0.29) is 12.8 Å². The molecule has 11 heavy (non-hydrogen) atoms. The van der Waals surface area contributed by atoms with Gasteiger partial charge in [-0.1, -0.05) is 6.92 Å². The van der Waals surface area contributed by atoms with Crippen molar-refractivity contribution in [2.24, 2.45) is 0 Å². The average molecular weight is 180 g/mol. The minimum Gasteiger partial charge on any atom is -0.303 e. The zero-order valence-electron chi connectivity index (χ0n) is 6.36.